The van der Waals surface area contributed by atoms with Crippen molar-refractivity contribution in [3.63, 3.8) is 0 Å². The molecule has 0 aromatic heterocycles. The normalized spacial score (nSPS) is 30.6. The lowest BCUT2D eigenvalue weighted by atomic mass is 9.89. The molecule has 0 aliphatic carbocycles. The fraction of sp³-hybridized carbons (Fsp3) is 1.00. The lowest BCUT2D eigenvalue weighted by Gasteiger charge is -2.43. The Kier molecular flexibility index (Phi) is 3.33. The number of hydrogen-bond acceptors (Lipinski definition) is 3. The average molecular weight is 211 g/mol. The molecule has 2 N–H and O–H groups in total. The molecule has 2 aliphatic heterocycles. The van der Waals surface area contributed by atoms with Crippen LogP contribution in [0.1, 0.15) is 32.6 Å². The minimum Gasteiger partial charge on any atom is -0.325 e. The molecule has 0 bridgehead atoms. The maximum Gasteiger partial charge on any atom is 0.0150 e. The Bertz CT molecular complexity index is 197. The third-order valence-corrected chi connectivity index (χ3v) is 4.14. The second-order valence-electron chi connectivity index (χ2n) is 5.72. The molecule has 2 heterocycles. The van der Waals surface area contributed by atoms with E-state index in [1.807, 2.05) is 0 Å². The highest BCUT2D eigenvalue weighted by Gasteiger charge is 2.30. The predicted octanol–water partition coefficient (Wildman–Crippen LogP) is 0.894. The molecule has 0 unspecified atom stereocenters. The summed E-state index contributed by atoms with van der Waals surface area (Å²) in [4.78, 5) is 5.11. The lowest BCUT2D eigenvalue weighted by molar-refractivity contribution is 0.0808. The highest BCUT2D eigenvalue weighted by Crippen LogP contribution is 2.24. The van der Waals surface area contributed by atoms with E-state index in [2.05, 4.69) is 23.8 Å². The molecule has 15 heavy (non-hydrogen) atoms. The molecule has 0 spiro atoms. The molecule has 0 amide bonds. The van der Waals surface area contributed by atoms with Crippen LogP contribution in [0.15, 0.2) is 0 Å². The van der Waals surface area contributed by atoms with Crippen molar-refractivity contribution in [1.29, 1.82) is 0 Å². The fourth-order valence-corrected chi connectivity index (χ4v) is 2.76. The van der Waals surface area contributed by atoms with Gasteiger partial charge in [0, 0.05) is 24.7 Å². The van der Waals surface area contributed by atoms with Crippen LogP contribution >= 0.6 is 0 Å². The van der Waals surface area contributed by atoms with Crippen LogP contribution in [-0.2, 0) is 0 Å². The molecule has 0 aromatic carbocycles. The number of nitrogens with two attached hydrogens (primary N) is 1. The third kappa shape index (κ3) is 2.92. The fourth-order valence-electron chi connectivity index (χ4n) is 2.76. The number of piperidine rings is 2. The van der Waals surface area contributed by atoms with Crippen molar-refractivity contribution < 1.29 is 0 Å². The molecule has 2 fully saturated rings. The Labute approximate surface area is 93.6 Å². The second kappa shape index (κ2) is 4.40. The number of hydrogen-bond donors (Lipinski definition) is 1. The van der Waals surface area contributed by atoms with Gasteiger partial charge in [-0.1, -0.05) is 0 Å². The van der Waals surface area contributed by atoms with Gasteiger partial charge in [0.05, 0.1) is 0 Å². The molecule has 3 nitrogen and oxygen atoms in total. The molecule has 0 atom stereocenters. The minimum absolute atomic E-state index is 0.0992. The van der Waals surface area contributed by atoms with Crippen molar-refractivity contribution in [3.8, 4) is 0 Å². The van der Waals surface area contributed by atoms with Crippen molar-refractivity contribution in [2.24, 2.45) is 5.73 Å². The first-order valence-corrected chi connectivity index (χ1v) is 6.28. The molecular formula is C12H25N3. The number of nitrogens with zero attached hydrogens (tertiary/aromatic N) is 2. The van der Waals surface area contributed by atoms with Gasteiger partial charge in [-0.25, -0.2) is 0 Å². The molecule has 0 saturated carbocycles. The van der Waals surface area contributed by atoms with E-state index in [4.69, 9.17) is 5.73 Å². The Morgan fingerprint density at radius 2 is 1.60 bits per heavy atom. The largest absolute Gasteiger partial charge is 0.325 e. The standard InChI is InChI=1S/C12H25N3/c1-12(13)5-9-15(10-6-12)11-3-7-14(2)8-4-11/h11H,3-10,13H2,1-2H3. The predicted molar refractivity (Wildman–Crippen MR) is 63.9 cm³/mol. The van der Waals surface area contributed by atoms with Crippen molar-refractivity contribution >= 4 is 0 Å². The monoisotopic (exact) mass is 211 g/mol. The van der Waals surface area contributed by atoms with Gasteiger partial charge in [0.2, 0.25) is 0 Å². The molecule has 2 aliphatic rings. The zero-order valence-electron chi connectivity index (χ0n) is 10.2. The van der Waals surface area contributed by atoms with Gasteiger partial charge in [-0.2, -0.15) is 0 Å². The van der Waals surface area contributed by atoms with E-state index < -0.39 is 0 Å². The molecular weight excluding hydrogens is 186 g/mol. The average Bonchev–Trinajstić information content (AvgIpc) is 2.20. The van der Waals surface area contributed by atoms with Crippen LogP contribution in [0.3, 0.4) is 0 Å². The van der Waals surface area contributed by atoms with Gasteiger partial charge in [0.25, 0.3) is 0 Å². The van der Waals surface area contributed by atoms with Crippen molar-refractivity contribution in [1.82, 2.24) is 9.80 Å². The summed E-state index contributed by atoms with van der Waals surface area (Å²) in [7, 11) is 2.23. The first-order chi connectivity index (χ1) is 7.07. The van der Waals surface area contributed by atoms with Crippen LogP contribution in [0.2, 0.25) is 0 Å². The van der Waals surface area contributed by atoms with E-state index in [-0.39, 0.29) is 5.54 Å². The Morgan fingerprint density at radius 1 is 1.07 bits per heavy atom. The third-order valence-electron chi connectivity index (χ3n) is 4.14. The molecule has 2 rings (SSSR count). The van der Waals surface area contributed by atoms with Gasteiger partial charge in [0.15, 0.2) is 0 Å². The molecule has 0 radical (unpaired) electrons. The van der Waals surface area contributed by atoms with Crippen molar-refractivity contribution in [2.45, 2.75) is 44.2 Å². The zero-order valence-corrected chi connectivity index (χ0v) is 10.2. The maximum atomic E-state index is 6.16. The van der Waals surface area contributed by atoms with E-state index in [0.717, 1.165) is 6.04 Å². The molecule has 88 valence electrons. The van der Waals surface area contributed by atoms with Gasteiger partial charge in [0.1, 0.15) is 0 Å². The number of rotatable bonds is 1. The maximum absolute atomic E-state index is 6.16. The smallest absolute Gasteiger partial charge is 0.0150 e. The Hall–Kier alpha value is -0.120. The topological polar surface area (TPSA) is 32.5 Å². The van der Waals surface area contributed by atoms with Gasteiger partial charge in [-0.3, -0.25) is 0 Å². The summed E-state index contributed by atoms with van der Waals surface area (Å²) in [5.74, 6) is 0. The SMILES string of the molecule is CN1CCC(N2CCC(C)(N)CC2)CC1. The van der Waals surface area contributed by atoms with Crippen molar-refractivity contribution in [3.05, 3.63) is 0 Å². The Morgan fingerprint density at radius 3 is 2.13 bits per heavy atom. The summed E-state index contributed by atoms with van der Waals surface area (Å²) in [6.45, 7) is 7.14. The highest BCUT2D eigenvalue weighted by molar-refractivity contribution is 4.89. The Balaban J connectivity index is 1.80. The first-order valence-electron chi connectivity index (χ1n) is 6.28. The summed E-state index contributed by atoms with van der Waals surface area (Å²) in [6.07, 6.45) is 5.02. The quantitative estimate of drug-likeness (QED) is 0.699. The van der Waals surface area contributed by atoms with Gasteiger partial charge >= 0.3 is 0 Å². The van der Waals surface area contributed by atoms with E-state index in [1.165, 1.54) is 51.9 Å². The molecule has 3 heteroatoms. The summed E-state index contributed by atoms with van der Waals surface area (Å²) >= 11 is 0. The highest BCUT2D eigenvalue weighted by atomic mass is 15.2. The van der Waals surface area contributed by atoms with Gasteiger partial charge < -0.3 is 15.5 Å². The van der Waals surface area contributed by atoms with E-state index in [9.17, 15) is 0 Å². The molecule has 2 saturated heterocycles. The van der Waals surface area contributed by atoms with Crippen molar-refractivity contribution in [2.75, 3.05) is 33.2 Å². The second-order valence-corrected chi connectivity index (χ2v) is 5.72. The van der Waals surface area contributed by atoms with E-state index >= 15 is 0 Å². The lowest BCUT2D eigenvalue weighted by Crippen LogP contribution is -2.53. The number of likely N-dealkylation sites (tertiary alicyclic amines) is 2. The summed E-state index contributed by atoms with van der Waals surface area (Å²) < 4.78 is 0. The molecule has 0 aromatic rings. The summed E-state index contributed by atoms with van der Waals surface area (Å²) in [5.41, 5.74) is 6.26. The van der Waals surface area contributed by atoms with Crippen LogP contribution in [0.25, 0.3) is 0 Å². The van der Waals surface area contributed by atoms with E-state index in [0.29, 0.717) is 0 Å². The zero-order chi connectivity index (χ0) is 10.9. The van der Waals surface area contributed by atoms with Crippen LogP contribution in [0, 0.1) is 0 Å². The van der Waals surface area contributed by atoms with Gasteiger partial charge in [-0.15, -0.1) is 0 Å². The van der Waals surface area contributed by atoms with Crippen LogP contribution < -0.4 is 5.73 Å². The van der Waals surface area contributed by atoms with Crippen LogP contribution in [-0.4, -0.2) is 54.6 Å². The summed E-state index contributed by atoms with van der Waals surface area (Å²) in [6, 6.07) is 0.831. The van der Waals surface area contributed by atoms with Gasteiger partial charge in [-0.05, 0) is 52.7 Å². The minimum atomic E-state index is 0.0992. The van der Waals surface area contributed by atoms with E-state index in [1.54, 1.807) is 0 Å². The van der Waals surface area contributed by atoms with Crippen LogP contribution in [0.4, 0.5) is 0 Å². The first kappa shape index (κ1) is 11.4. The van der Waals surface area contributed by atoms with Crippen LogP contribution in [0.5, 0.6) is 0 Å². The summed E-state index contributed by atoms with van der Waals surface area (Å²) in [5, 5.41) is 0.